The number of aliphatic hydroxyl groups excluding tert-OH is 2. The number of anilines is 2. The van der Waals surface area contributed by atoms with E-state index in [9.17, 15) is 42.2 Å². The Bertz CT molecular complexity index is 1460. The molecule has 2 heterocycles. The van der Waals surface area contributed by atoms with Gasteiger partial charge in [-0.05, 0) is 53.9 Å². The Balaban J connectivity index is 1.81. The van der Waals surface area contributed by atoms with Crippen molar-refractivity contribution in [3.63, 3.8) is 0 Å². The van der Waals surface area contributed by atoms with Gasteiger partial charge in [-0.3, -0.25) is 4.79 Å². The van der Waals surface area contributed by atoms with Crippen molar-refractivity contribution >= 4 is 23.5 Å². The molecule has 9 nitrogen and oxygen atoms in total. The molecular formula is C28H27F5N4O5. The highest BCUT2D eigenvalue weighted by atomic mass is 19.4. The number of pyridine rings is 1. The summed E-state index contributed by atoms with van der Waals surface area (Å²) in [5.41, 5.74) is 1.65. The molecule has 0 bridgehead atoms. The van der Waals surface area contributed by atoms with E-state index < -0.39 is 72.9 Å². The van der Waals surface area contributed by atoms with Crippen LogP contribution in [0.3, 0.4) is 0 Å². The number of ether oxygens (including phenoxy) is 1. The standard InChI is InChI=1S/C28H27F5N4O5/c1-15-5-6-16(35-24(40)13-42-14-28(31,32)33)9-19(15)20-10-23(34-17(11-38)12-39)36-26-18(20)7-8-37(41)27(26)25-21(29)3-2-4-22(25)30/h2-10,17,27,37-39H,11-14H2,1H3,(H,34,36)(H,35,40). The van der Waals surface area contributed by atoms with Crippen LogP contribution in [-0.2, 0) is 9.53 Å². The number of aryl methyl sites for hydroxylation is 1. The Kier molecular flexibility index (Phi) is 9.53. The van der Waals surface area contributed by atoms with E-state index in [2.05, 4.69) is 20.4 Å². The van der Waals surface area contributed by atoms with E-state index >= 15 is 0 Å². The van der Waals surface area contributed by atoms with Gasteiger partial charge in [0.15, 0.2) is 6.04 Å². The van der Waals surface area contributed by atoms with Crippen LogP contribution < -0.4 is 15.7 Å². The van der Waals surface area contributed by atoms with E-state index in [0.29, 0.717) is 22.3 Å². The lowest BCUT2D eigenvalue weighted by Crippen LogP contribution is -3.03. The minimum Gasteiger partial charge on any atom is -0.629 e. The average Bonchev–Trinajstić information content (AvgIpc) is 2.92. The maximum absolute atomic E-state index is 14.9. The summed E-state index contributed by atoms with van der Waals surface area (Å²) in [4.78, 5) is 16.7. The smallest absolute Gasteiger partial charge is 0.411 e. The number of carbonyl (C=O) groups is 1. The van der Waals surface area contributed by atoms with Crippen molar-refractivity contribution in [3.05, 3.63) is 87.9 Å². The number of hydroxylamine groups is 2. The molecule has 14 heteroatoms. The van der Waals surface area contributed by atoms with Crippen LogP contribution in [0, 0.1) is 23.8 Å². The zero-order chi connectivity index (χ0) is 30.6. The number of nitrogens with zero attached hydrogens (tertiary/aromatic N) is 1. The molecule has 1 aliphatic heterocycles. The normalized spacial score (nSPS) is 16.4. The zero-order valence-corrected chi connectivity index (χ0v) is 22.1. The Labute approximate surface area is 236 Å². The van der Waals surface area contributed by atoms with E-state index in [1.807, 2.05) is 0 Å². The fourth-order valence-electron chi connectivity index (χ4n) is 4.53. The lowest BCUT2D eigenvalue weighted by atomic mass is 9.89. The molecule has 2 aromatic carbocycles. The molecule has 0 radical (unpaired) electrons. The quantitative estimate of drug-likeness (QED) is 0.180. The molecule has 2 atom stereocenters. The van der Waals surface area contributed by atoms with E-state index in [1.54, 1.807) is 19.1 Å². The Morgan fingerprint density at radius 3 is 2.45 bits per heavy atom. The van der Waals surface area contributed by atoms with Gasteiger partial charge in [0.1, 0.15) is 36.4 Å². The summed E-state index contributed by atoms with van der Waals surface area (Å²) >= 11 is 0. The molecule has 3 aromatic rings. The van der Waals surface area contributed by atoms with E-state index in [4.69, 9.17) is 0 Å². The average molecular weight is 595 g/mol. The molecule has 0 fully saturated rings. The summed E-state index contributed by atoms with van der Waals surface area (Å²) in [6.07, 6.45) is -1.96. The summed E-state index contributed by atoms with van der Waals surface area (Å²) in [6.45, 7) is -1.65. The highest BCUT2D eigenvalue weighted by Crippen LogP contribution is 2.38. The Hall–Kier alpha value is -3.95. The second kappa shape index (κ2) is 12.9. The third-order valence-electron chi connectivity index (χ3n) is 6.45. The van der Waals surface area contributed by atoms with Crippen molar-refractivity contribution in [2.24, 2.45) is 0 Å². The Morgan fingerprint density at radius 1 is 1.12 bits per heavy atom. The SMILES string of the molecule is Cc1ccc(NC(=O)COCC(F)(F)F)cc1-c1cc(NC(CO)CO)nc2c1C=C[NH+]([O-])C2c1c(F)cccc1F. The molecule has 0 saturated carbocycles. The predicted molar refractivity (Wildman–Crippen MR) is 143 cm³/mol. The molecule has 1 aliphatic rings. The van der Waals surface area contributed by atoms with Gasteiger partial charge >= 0.3 is 6.18 Å². The molecule has 1 amide bonds. The van der Waals surface area contributed by atoms with Crippen molar-refractivity contribution in [2.75, 3.05) is 37.1 Å². The maximum atomic E-state index is 14.9. The topological polar surface area (TPSA) is 131 Å². The lowest BCUT2D eigenvalue weighted by molar-refractivity contribution is -0.821. The summed E-state index contributed by atoms with van der Waals surface area (Å²) < 4.78 is 71.3. The molecule has 224 valence electrons. The molecule has 5 N–H and O–H groups in total. The van der Waals surface area contributed by atoms with E-state index in [-0.39, 0.29) is 17.2 Å². The van der Waals surface area contributed by atoms with Crippen LogP contribution in [-0.4, -0.2) is 59.7 Å². The van der Waals surface area contributed by atoms with Gasteiger partial charge < -0.3 is 35.9 Å². The van der Waals surface area contributed by atoms with Gasteiger partial charge in [0.2, 0.25) is 5.91 Å². The lowest BCUT2D eigenvalue weighted by Gasteiger charge is -2.33. The zero-order valence-electron chi connectivity index (χ0n) is 22.1. The second-order valence-corrected chi connectivity index (χ2v) is 9.55. The third-order valence-corrected chi connectivity index (χ3v) is 6.45. The molecule has 0 spiro atoms. The van der Waals surface area contributed by atoms with Crippen LogP contribution in [0.2, 0.25) is 0 Å². The van der Waals surface area contributed by atoms with Crippen molar-refractivity contribution < 1.29 is 46.8 Å². The van der Waals surface area contributed by atoms with Gasteiger partial charge in [-0.2, -0.15) is 13.2 Å². The van der Waals surface area contributed by atoms with Crippen LogP contribution in [0.15, 0.2) is 48.7 Å². The van der Waals surface area contributed by atoms with Crippen molar-refractivity contribution in [3.8, 4) is 11.1 Å². The number of hydrogen-bond acceptors (Lipinski definition) is 7. The largest absolute Gasteiger partial charge is 0.629 e. The summed E-state index contributed by atoms with van der Waals surface area (Å²) in [5.74, 6) is -2.65. The molecule has 2 unspecified atom stereocenters. The number of aliphatic hydroxyl groups is 2. The number of benzene rings is 2. The van der Waals surface area contributed by atoms with Crippen molar-refractivity contribution in [2.45, 2.75) is 25.2 Å². The van der Waals surface area contributed by atoms with E-state index in [0.717, 1.165) is 12.1 Å². The highest BCUT2D eigenvalue weighted by Gasteiger charge is 2.34. The monoisotopic (exact) mass is 594 g/mol. The first-order valence-electron chi connectivity index (χ1n) is 12.7. The number of amides is 1. The molecule has 0 saturated heterocycles. The summed E-state index contributed by atoms with van der Waals surface area (Å²) in [7, 11) is 0. The number of fused-ring (bicyclic) bond motifs is 1. The summed E-state index contributed by atoms with van der Waals surface area (Å²) in [5, 5.41) is 36.9. The number of rotatable bonds is 10. The van der Waals surface area contributed by atoms with Gasteiger partial charge in [0.25, 0.3) is 0 Å². The molecule has 4 rings (SSSR count). The van der Waals surface area contributed by atoms with Crippen LogP contribution in [0.25, 0.3) is 17.2 Å². The van der Waals surface area contributed by atoms with Crippen molar-refractivity contribution in [1.29, 1.82) is 0 Å². The molecule has 1 aromatic heterocycles. The first-order valence-corrected chi connectivity index (χ1v) is 12.7. The minimum atomic E-state index is -4.59. The second-order valence-electron chi connectivity index (χ2n) is 9.55. The molecule has 42 heavy (non-hydrogen) atoms. The number of carbonyl (C=O) groups excluding carboxylic acids is 1. The third kappa shape index (κ3) is 7.09. The molecule has 0 aliphatic carbocycles. The fraction of sp³-hybridized carbons (Fsp3) is 0.286. The highest BCUT2D eigenvalue weighted by molar-refractivity contribution is 5.93. The van der Waals surface area contributed by atoms with Crippen LogP contribution in [0.1, 0.15) is 28.4 Å². The van der Waals surface area contributed by atoms with Crippen LogP contribution >= 0.6 is 0 Å². The number of hydrogen-bond donors (Lipinski definition) is 5. The Morgan fingerprint density at radius 2 is 1.81 bits per heavy atom. The van der Waals surface area contributed by atoms with Crippen molar-refractivity contribution in [1.82, 2.24) is 4.98 Å². The van der Waals surface area contributed by atoms with Gasteiger partial charge in [0.05, 0.1) is 31.0 Å². The molecular weight excluding hydrogens is 567 g/mol. The van der Waals surface area contributed by atoms with Crippen LogP contribution in [0.5, 0.6) is 0 Å². The first kappa shape index (κ1) is 31.0. The fourth-order valence-corrected chi connectivity index (χ4v) is 4.53. The minimum absolute atomic E-state index is 0.00974. The van der Waals surface area contributed by atoms with Crippen LogP contribution in [0.4, 0.5) is 33.5 Å². The van der Waals surface area contributed by atoms with Gasteiger partial charge in [-0.15, -0.1) is 0 Å². The van der Waals surface area contributed by atoms with Gasteiger partial charge in [-0.25, -0.2) is 13.8 Å². The van der Waals surface area contributed by atoms with Gasteiger partial charge in [0, 0.05) is 17.3 Å². The van der Waals surface area contributed by atoms with Gasteiger partial charge in [-0.1, -0.05) is 12.1 Å². The first-order chi connectivity index (χ1) is 19.9. The number of alkyl halides is 3. The van der Waals surface area contributed by atoms with E-state index in [1.165, 1.54) is 30.5 Å². The number of aromatic nitrogens is 1. The predicted octanol–water partition coefficient (Wildman–Crippen LogP) is 3.07. The number of nitrogens with one attached hydrogen (secondary N) is 3. The number of halogens is 5. The summed E-state index contributed by atoms with van der Waals surface area (Å²) in [6, 6.07) is 7.15. The number of quaternary nitrogens is 1. The maximum Gasteiger partial charge on any atom is 0.411 e.